The first-order chi connectivity index (χ1) is 14.5. The summed E-state index contributed by atoms with van der Waals surface area (Å²) in [5.74, 6) is 0.990. The van der Waals surface area contributed by atoms with Crippen LogP contribution in [0.3, 0.4) is 0 Å². The van der Waals surface area contributed by atoms with Gasteiger partial charge in [0.05, 0.1) is 0 Å². The average Bonchev–Trinajstić information content (AvgIpc) is 2.73. The Morgan fingerprint density at radius 3 is 2.77 bits per heavy atom. The van der Waals surface area contributed by atoms with Crippen LogP contribution in [0.25, 0.3) is 0 Å². The molecule has 164 valence electrons. The number of ether oxygens (including phenoxy) is 1. The number of carbonyl (C=O) groups excluding carboxylic acids is 1. The van der Waals surface area contributed by atoms with Gasteiger partial charge in [0, 0.05) is 25.0 Å². The number of nitrogens with zero attached hydrogens (tertiary/aromatic N) is 2. The van der Waals surface area contributed by atoms with Crippen molar-refractivity contribution in [3.05, 3.63) is 29.8 Å². The van der Waals surface area contributed by atoms with E-state index >= 15 is 0 Å². The monoisotopic (exact) mass is 414 g/mol. The zero-order valence-electron chi connectivity index (χ0n) is 18.0. The van der Waals surface area contributed by atoms with Gasteiger partial charge in [0.1, 0.15) is 5.75 Å². The van der Waals surface area contributed by atoms with Crippen molar-refractivity contribution in [1.82, 2.24) is 9.80 Å². The summed E-state index contributed by atoms with van der Waals surface area (Å²) in [4.78, 5) is 29.1. The minimum Gasteiger partial charge on any atom is -0.484 e. The molecule has 4 rings (SSSR count). The summed E-state index contributed by atoms with van der Waals surface area (Å²) >= 11 is 0. The summed E-state index contributed by atoms with van der Waals surface area (Å²) in [5, 5.41) is 9.11. The number of benzene rings is 1. The largest absolute Gasteiger partial charge is 0.484 e. The number of hydrogen-bond donors (Lipinski definition) is 1. The third-order valence-corrected chi connectivity index (χ3v) is 7.23. The number of carboxylic acids is 1. The summed E-state index contributed by atoms with van der Waals surface area (Å²) < 4.78 is 5.84. The van der Waals surface area contributed by atoms with E-state index in [9.17, 15) is 9.59 Å². The van der Waals surface area contributed by atoms with Crippen molar-refractivity contribution in [3.63, 3.8) is 0 Å². The van der Waals surface area contributed by atoms with E-state index in [0.29, 0.717) is 24.3 Å². The van der Waals surface area contributed by atoms with Gasteiger partial charge < -0.3 is 14.7 Å². The lowest BCUT2D eigenvalue weighted by Gasteiger charge is -2.57. The predicted octanol–water partition coefficient (Wildman–Crippen LogP) is 3.33. The maximum atomic E-state index is 13.3. The Kier molecular flexibility index (Phi) is 6.61. The highest BCUT2D eigenvalue weighted by Crippen LogP contribution is 2.43. The third-order valence-electron chi connectivity index (χ3n) is 7.23. The Morgan fingerprint density at radius 2 is 2.00 bits per heavy atom. The van der Waals surface area contributed by atoms with Crippen LogP contribution >= 0.6 is 0 Å². The van der Waals surface area contributed by atoms with E-state index in [1.165, 1.54) is 32.4 Å². The Morgan fingerprint density at radius 1 is 1.20 bits per heavy atom. The van der Waals surface area contributed by atoms with Crippen LogP contribution in [0.4, 0.5) is 0 Å². The lowest BCUT2D eigenvalue weighted by atomic mass is 9.69. The van der Waals surface area contributed by atoms with Gasteiger partial charge in [-0.15, -0.1) is 0 Å². The van der Waals surface area contributed by atoms with E-state index in [-0.39, 0.29) is 25.0 Å². The Bertz CT molecular complexity index is 765. The molecule has 0 spiro atoms. The number of carboxylic acid groups (broad SMARTS) is 1. The minimum atomic E-state index is -0.757. The third kappa shape index (κ3) is 4.64. The standard InChI is InChI=1S/C24H34N2O4/c1-17-6-2-8-19(14-17)30-16-22(27)26-15-18-7-4-12-25-13-5-9-20(24(18)25)21(26)10-3-11-23(28)29/h2,6,8,14,18,20-21,24H,3-5,7,9-13,15-16H2,1H3,(H,28,29)/t18-,20+,21?,24-/m0/s1. The Hall–Kier alpha value is -2.08. The fraction of sp³-hybridized carbons (Fsp3) is 0.667. The maximum Gasteiger partial charge on any atom is 0.303 e. The predicted molar refractivity (Wildman–Crippen MR) is 114 cm³/mol. The lowest BCUT2D eigenvalue weighted by molar-refractivity contribution is -0.148. The Balaban J connectivity index is 1.49. The molecular weight excluding hydrogens is 380 g/mol. The molecule has 4 atom stereocenters. The highest BCUT2D eigenvalue weighted by molar-refractivity contribution is 5.78. The van der Waals surface area contributed by atoms with Crippen LogP contribution in [0.1, 0.15) is 50.5 Å². The number of piperidine rings is 3. The van der Waals surface area contributed by atoms with E-state index in [0.717, 1.165) is 30.7 Å². The summed E-state index contributed by atoms with van der Waals surface area (Å²) in [6.45, 7) is 5.18. The lowest BCUT2D eigenvalue weighted by Crippen LogP contribution is -2.66. The number of amides is 1. The molecule has 0 aliphatic carbocycles. The van der Waals surface area contributed by atoms with Gasteiger partial charge in [-0.1, -0.05) is 12.1 Å². The first-order valence-electron chi connectivity index (χ1n) is 11.5. The number of rotatable bonds is 7. The molecule has 3 fully saturated rings. The molecule has 0 aromatic heterocycles. The number of aliphatic carboxylic acids is 1. The minimum absolute atomic E-state index is 0.0398. The number of likely N-dealkylation sites (tertiary alicyclic amines) is 1. The summed E-state index contributed by atoms with van der Waals surface area (Å²) in [5.41, 5.74) is 1.11. The maximum absolute atomic E-state index is 13.3. The summed E-state index contributed by atoms with van der Waals surface area (Å²) in [6.07, 6.45) is 6.26. The highest BCUT2D eigenvalue weighted by atomic mass is 16.5. The van der Waals surface area contributed by atoms with Gasteiger partial charge in [0.15, 0.2) is 6.61 Å². The molecule has 1 aromatic carbocycles. The Labute approximate surface area is 179 Å². The highest BCUT2D eigenvalue weighted by Gasteiger charge is 2.49. The molecule has 3 heterocycles. The van der Waals surface area contributed by atoms with Crippen LogP contribution in [0.15, 0.2) is 24.3 Å². The van der Waals surface area contributed by atoms with Crippen LogP contribution < -0.4 is 4.74 Å². The molecule has 1 aromatic rings. The SMILES string of the molecule is Cc1cccc(OCC(=O)N2C[C@@H]3CCCN4CCC[C@H](C2CCCC(=O)O)[C@H]34)c1. The van der Waals surface area contributed by atoms with Crippen LogP contribution in [0.5, 0.6) is 5.75 Å². The van der Waals surface area contributed by atoms with Crippen LogP contribution in [0, 0.1) is 18.8 Å². The van der Waals surface area contributed by atoms with Crippen molar-refractivity contribution in [1.29, 1.82) is 0 Å². The van der Waals surface area contributed by atoms with E-state index < -0.39 is 5.97 Å². The first-order valence-corrected chi connectivity index (χ1v) is 11.5. The molecule has 1 N–H and O–H groups in total. The second-order valence-corrected chi connectivity index (χ2v) is 9.24. The zero-order valence-corrected chi connectivity index (χ0v) is 18.0. The van der Waals surface area contributed by atoms with Crippen molar-refractivity contribution >= 4 is 11.9 Å². The van der Waals surface area contributed by atoms with Crippen molar-refractivity contribution < 1.29 is 19.4 Å². The van der Waals surface area contributed by atoms with Gasteiger partial charge >= 0.3 is 5.97 Å². The van der Waals surface area contributed by atoms with Crippen molar-refractivity contribution in [2.24, 2.45) is 11.8 Å². The van der Waals surface area contributed by atoms with Gasteiger partial charge in [-0.2, -0.15) is 0 Å². The van der Waals surface area contributed by atoms with Crippen molar-refractivity contribution in [2.45, 2.75) is 64.0 Å². The number of carbonyl (C=O) groups is 2. The van der Waals surface area contributed by atoms with Gasteiger partial charge in [-0.25, -0.2) is 0 Å². The van der Waals surface area contributed by atoms with E-state index in [2.05, 4.69) is 9.80 Å². The molecule has 3 saturated heterocycles. The second-order valence-electron chi connectivity index (χ2n) is 9.24. The average molecular weight is 415 g/mol. The smallest absolute Gasteiger partial charge is 0.303 e. The normalized spacial score (nSPS) is 28.6. The van der Waals surface area contributed by atoms with Crippen molar-refractivity contribution in [3.8, 4) is 5.75 Å². The molecule has 0 saturated carbocycles. The number of hydrogen-bond acceptors (Lipinski definition) is 4. The van der Waals surface area contributed by atoms with Crippen LogP contribution in [0.2, 0.25) is 0 Å². The summed E-state index contributed by atoms with van der Waals surface area (Å²) in [6, 6.07) is 8.47. The molecule has 6 nitrogen and oxygen atoms in total. The fourth-order valence-electron chi connectivity index (χ4n) is 6.05. The van der Waals surface area contributed by atoms with Gasteiger partial charge in [-0.05, 0) is 88.1 Å². The van der Waals surface area contributed by atoms with Gasteiger partial charge in [-0.3, -0.25) is 14.5 Å². The molecule has 3 aliphatic rings. The summed E-state index contributed by atoms with van der Waals surface area (Å²) in [7, 11) is 0. The fourth-order valence-corrected chi connectivity index (χ4v) is 6.05. The molecule has 3 aliphatic heterocycles. The molecule has 0 radical (unpaired) electrons. The first kappa shape index (κ1) is 21.2. The van der Waals surface area contributed by atoms with Gasteiger partial charge in [0.2, 0.25) is 0 Å². The topological polar surface area (TPSA) is 70.1 Å². The number of aryl methyl sites for hydroxylation is 1. The molecule has 1 unspecified atom stereocenters. The molecule has 6 heteroatoms. The molecular formula is C24H34N2O4. The quantitative estimate of drug-likeness (QED) is 0.741. The van der Waals surface area contributed by atoms with Crippen LogP contribution in [-0.2, 0) is 9.59 Å². The zero-order chi connectivity index (χ0) is 21.1. The van der Waals surface area contributed by atoms with E-state index in [1.807, 2.05) is 31.2 Å². The molecule has 30 heavy (non-hydrogen) atoms. The van der Waals surface area contributed by atoms with E-state index in [4.69, 9.17) is 9.84 Å². The molecule has 0 bridgehead atoms. The van der Waals surface area contributed by atoms with Crippen molar-refractivity contribution in [2.75, 3.05) is 26.2 Å². The van der Waals surface area contributed by atoms with Gasteiger partial charge in [0.25, 0.3) is 5.91 Å². The molecule has 1 amide bonds. The van der Waals surface area contributed by atoms with Crippen LogP contribution in [-0.4, -0.2) is 65.1 Å². The second kappa shape index (κ2) is 9.38. The van der Waals surface area contributed by atoms with E-state index in [1.54, 1.807) is 0 Å².